The van der Waals surface area contributed by atoms with Crippen molar-refractivity contribution in [2.45, 2.75) is 19.4 Å². The van der Waals surface area contributed by atoms with E-state index in [1.807, 2.05) is 0 Å². The van der Waals surface area contributed by atoms with E-state index in [-0.39, 0.29) is 39.7 Å². The van der Waals surface area contributed by atoms with Crippen LogP contribution in [-0.2, 0) is 4.74 Å². The molecule has 0 fully saturated rings. The molecule has 0 N–H and O–H groups in total. The van der Waals surface area contributed by atoms with Crippen molar-refractivity contribution in [2.24, 2.45) is 0 Å². The number of carbonyl (C=O) groups excluding carboxylic acids is 4. The number of hydrogen-bond donors (Lipinski definition) is 0. The number of esters is 1. The lowest BCUT2D eigenvalue weighted by Gasteiger charge is -2.16. The molecule has 33 heavy (non-hydrogen) atoms. The van der Waals surface area contributed by atoms with Crippen LogP contribution in [0.5, 0.6) is 0 Å². The summed E-state index contributed by atoms with van der Waals surface area (Å²) in [4.78, 5) is 51.9. The van der Waals surface area contributed by atoms with Gasteiger partial charge in [-0.05, 0) is 49.4 Å². The first-order valence-corrected chi connectivity index (χ1v) is 11.0. The summed E-state index contributed by atoms with van der Waals surface area (Å²) in [6, 6.07) is 8.75. The monoisotopic (exact) mass is 487 g/mol. The minimum Gasteiger partial charge on any atom is -0.450 e. The maximum Gasteiger partial charge on any atom is 0.338 e. The molecule has 11 heteroatoms. The van der Waals surface area contributed by atoms with Crippen LogP contribution in [0.15, 0.2) is 42.5 Å². The Bertz CT molecular complexity index is 1280. The summed E-state index contributed by atoms with van der Waals surface area (Å²) < 4.78 is 18.5. The van der Waals surface area contributed by atoms with Gasteiger partial charge < -0.3 is 4.74 Å². The summed E-state index contributed by atoms with van der Waals surface area (Å²) in [5.41, 5.74) is 0.277. The average Bonchev–Trinajstić information content (AvgIpc) is 3.33. The van der Waals surface area contributed by atoms with Gasteiger partial charge in [-0.1, -0.05) is 11.3 Å². The highest BCUT2D eigenvalue weighted by atomic mass is 35.5. The smallest absolute Gasteiger partial charge is 0.338 e. The van der Waals surface area contributed by atoms with Gasteiger partial charge in [-0.3, -0.25) is 14.4 Å². The van der Waals surface area contributed by atoms with Gasteiger partial charge >= 0.3 is 5.97 Å². The number of halogens is 2. The lowest BCUT2D eigenvalue weighted by atomic mass is 10.0. The number of ketones is 1. The lowest BCUT2D eigenvalue weighted by Crippen LogP contribution is -2.29. The van der Waals surface area contributed by atoms with Gasteiger partial charge in [0.15, 0.2) is 6.10 Å². The molecule has 1 aliphatic heterocycles. The standard InChI is InChI=1S/C22H15ClFN3O5S/c1-11-25-26-22(33-11)27-19(29)15-7-4-13(10-16(15)20(27)30)21(31)32-17(8-9-23)18(28)12-2-5-14(24)6-3-12/h2-7,10,17H,8-9H2,1H3/t17-/m0/s1. The Morgan fingerprint density at radius 3 is 2.36 bits per heavy atom. The van der Waals surface area contributed by atoms with Crippen LogP contribution in [0.2, 0.25) is 0 Å². The molecule has 2 amide bonds. The number of benzene rings is 2. The molecule has 1 atom stereocenters. The van der Waals surface area contributed by atoms with Crippen molar-refractivity contribution in [2.75, 3.05) is 10.8 Å². The largest absolute Gasteiger partial charge is 0.450 e. The zero-order chi connectivity index (χ0) is 23.7. The van der Waals surface area contributed by atoms with E-state index in [0.717, 1.165) is 28.4 Å². The topological polar surface area (TPSA) is 107 Å². The van der Waals surface area contributed by atoms with Crippen molar-refractivity contribution in [1.82, 2.24) is 10.2 Å². The quantitative estimate of drug-likeness (QED) is 0.216. The number of aryl methyl sites for hydroxylation is 1. The van der Waals surface area contributed by atoms with Crippen LogP contribution in [0.1, 0.15) is 52.9 Å². The Kier molecular flexibility index (Phi) is 6.30. The zero-order valence-electron chi connectivity index (χ0n) is 17.1. The average molecular weight is 488 g/mol. The SMILES string of the molecule is Cc1nnc(N2C(=O)c3ccc(C(=O)O[C@@H](CCCl)C(=O)c4ccc(F)cc4)cc3C2=O)s1. The Balaban J connectivity index is 1.56. The zero-order valence-corrected chi connectivity index (χ0v) is 18.7. The molecule has 3 aromatic rings. The van der Waals surface area contributed by atoms with Crippen molar-refractivity contribution in [3.05, 3.63) is 75.5 Å². The molecule has 0 unspecified atom stereocenters. The molecule has 1 aromatic heterocycles. The van der Waals surface area contributed by atoms with Crippen molar-refractivity contribution < 1.29 is 28.3 Å². The van der Waals surface area contributed by atoms with Gasteiger partial charge in [-0.15, -0.1) is 21.8 Å². The molecule has 0 bridgehead atoms. The van der Waals surface area contributed by atoms with Gasteiger partial charge in [0.05, 0.1) is 16.7 Å². The minimum atomic E-state index is -1.20. The molecule has 2 aromatic carbocycles. The predicted molar refractivity (Wildman–Crippen MR) is 117 cm³/mol. The Labute approximate surface area is 195 Å². The second-order valence-corrected chi connectivity index (χ2v) is 8.59. The van der Waals surface area contributed by atoms with Crippen molar-refractivity contribution in [3.63, 3.8) is 0 Å². The summed E-state index contributed by atoms with van der Waals surface area (Å²) >= 11 is 6.86. The predicted octanol–water partition coefficient (Wildman–Crippen LogP) is 3.82. The number of aromatic nitrogens is 2. The number of amides is 2. The Hall–Kier alpha value is -3.50. The normalized spacial score (nSPS) is 13.7. The first-order chi connectivity index (χ1) is 15.8. The number of carbonyl (C=O) groups is 4. The van der Waals surface area contributed by atoms with Gasteiger partial charge in [0.2, 0.25) is 10.9 Å². The van der Waals surface area contributed by atoms with Crippen molar-refractivity contribution in [3.8, 4) is 0 Å². The number of rotatable bonds is 7. The molecular formula is C22H15ClFN3O5S. The Morgan fingerprint density at radius 2 is 1.73 bits per heavy atom. The molecular weight excluding hydrogens is 473 g/mol. The third kappa shape index (κ3) is 4.39. The van der Waals surface area contributed by atoms with Crippen LogP contribution >= 0.6 is 22.9 Å². The molecule has 2 heterocycles. The van der Waals surface area contributed by atoms with Crippen LogP contribution in [-0.4, -0.2) is 45.7 Å². The van der Waals surface area contributed by atoms with Crippen LogP contribution < -0.4 is 4.90 Å². The molecule has 1 aliphatic rings. The van der Waals surface area contributed by atoms with E-state index >= 15 is 0 Å². The highest BCUT2D eigenvalue weighted by Crippen LogP contribution is 2.31. The third-order valence-corrected chi connectivity index (χ3v) is 5.91. The van der Waals surface area contributed by atoms with Gasteiger partial charge in [0, 0.05) is 17.9 Å². The third-order valence-electron chi connectivity index (χ3n) is 4.87. The summed E-state index contributed by atoms with van der Waals surface area (Å²) in [5.74, 6) is -3.08. The number of hydrogen-bond acceptors (Lipinski definition) is 8. The highest BCUT2D eigenvalue weighted by Gasteiger charge is 2.39. The summed E-state index contributed by atoms with van der Waals surface area (Å²) in [5, 5.41) is 8.38. The molecule has 0 saturated heterocycles. The van der Waals surface area contributed by atoms with Gasteiger partial charge in [0.1, 0.15) is 10.8 Å². The highest BCUT2D eigenvalue weighted by molar-refractivity contribution is 7.15. The van der Waals surface area contributed by atoms with Crippen molar-refractivity contribution in [1.29, 1.82) is 0 Å². The van der Waals surface area contributed by atoms with Gasteiger partial charge in [0.25, 0.3) is 11.8 Å². The lowest BCUT2D eigenvalue weighted by molar-refractivity contribution is 0.0278. The van der Waals surface area contributed by atoms with Crippen LogP contribution in [0.3, 0.4) is 0 Å². The fraction of sp³-hybridized carbons (Fsp3) is 0.182. The van der Waals surface area contributed by atoms with E-state index in [1.165, 1.54) is 30.3 Å². The molecule has 0 aliphatic carbocycles. The van der Waals surface area contributed by atoms with Crippen LogP contribution in [0, 0.1) is 12.7 Å². The van der Waals surface area contributed by atoms with Crippen LogP contribution in [0.25, 0.3) is 0 Å². The van der Waals surface area contributed by atoms with Crippen LogP contribution in [0.4, 0.5) is 9.52 Å². The van der Waals surface area contributed by atoms with E-state index in [9.17, 15) is 23.6 Å². The summed E-state index contributed by atoms with van der Waals surface area (Å²) in [7, 11) is 0. The molecule has 8 nitrogen and oxygen atoms in total. The fourth-order valence-corrected chi connectivity index (χ4v) is 4.14. The number of imide groups is 1. The number of alkyl halides is 1. The van der Waals surface area contributed by atoms with Gasteiger partial charge in [-0.25, -0.2) is 14.1 Å². The second kappa shape index (κ2) is 9.16. The number of ether oxygens (including phenoxy) is 1. The van der Waals surface area contributed by atoms with E-state index in [1.54, 1.807) is 6.92 Å². The number of nitrogens with zero attached hydrogens (tertiary/aromatic N) is 3. The minimum absolute atomic E-state index is 0.0149. The van der Waals surface area contributed by atoms with E-state index < -0.39 is 35.5 Å². The molecule has 0 spiro atoms. The number of anilines is 1. The van der Waals surface area contributed by atoms with E-state index in [0.29, 0.717) is 5.01 Å². The fourth-order valence-electron chi connectivity index (χ4n) is 3.26. The first kappa shape index (κ1) is 22.7. The summed E-state index contributed by atoms with van der Waals surface area (Å²) in [6.07, 6.45) is -1.16. The van der Waals surface area contributed by atoms with Crippen molar-refractivity contribution >= 4 is 51.6 Å². The van der Waals surface area contributed by atoms with E-state index in [2.05, 4.69) is 10.2 Å². The number of fused-ring (bicyclic) bond motifs is 1. The molecule has 4 rings (SSSR count). The first-order valence-electron chi connectivity index (χ1n) is 9.70. The molecule has 0 radical (unpaired) electrons. The maximum atomic E-state index is 13.2. The van der Waals surface area contributed by atoms with E-state index in [4.69, 9.17) is 16.3 Å². The molecule has 0 saturated carbocycles. The maximum absolute atomic E-state index is 13.2. The molecule has 168 valence electrons. The summed E-state index contributed by atoms with van der Waals surface area (Å²) in [6.45, 7) is 1.69. The van der Waals surface area contributed by atoms with Gasteiger partial charge in [-0.2, -0.15) is 0 Å². The number of Topliss-reactive ketones (excluding diaryl/α,β-unsaturated/α-hetero) is 1. The Morgan fingerprint density at radius 1 is 1.06 bits per heavy atom. The second-order valence-electron chi connectivity index (χ2n) is 7.05.